The molecule has 1 aliphatic heterocycles. The zero-order chi connectivity index (χ0) is 11.1. The monoisotopic (exact) mass is 217 g/mol. The Morgan fingerprint density at radius 3 is 2.88 bits per heavy atom. The normalized spacial score (nSPS) is 27.4. The third kappa shape index (κ3) is 1.43. The van der Waals surface area contributed by atoms with Gasteiger partial charge in [-0.2, -0.15) is 0 Å². The minimum Gasteiger partial charge on any atom is -0.391 e. The van der Waals surface area contributed by atoms with E-state index in [-0.39, 0.29) is 17.9 Å². The Morgan fingerprint density at radius 1 is 1.38 bits per heavy atom. The maximum absolute atomic E-state index is 12.2. The quantitative estimate of drug-likeness (QED) is 0.760. The molecule has 3 nitrogen and oxygen atoms in total. The molecule has 1 unspecified atom stereocenters. The van der Waals surface area contributed by atoms with Gasteiger partial charge in [0.2, 0.25) is 5.91 Å². The van der Waals surface area contributed by atoms with Crippen LogP contribution in [0.5, 0.6) is 0 Å². The van der Waals surface area contributed by atoms with E-state index in [0.717, 1.165) is 12.8 Å². The Bertz CT molecular complexity index is 430. The molecule has 1 fully saturated rings. The largest absolute Gasteiger partial charge is 0.391 e. The third-order valence-electron chi connectivity index (χ3n) is 3.63. The second-order valence-electron chi connectivity index (χ2n) is 4.68. The lowest BCUT2D eigenvalue weighted by Gasteiger charge is -2.32. The Morgan fingerprint density at radius 2 is 2.19 bits per heavy atom. The first-order chi connectivity index (χ1) is 7.75. The van der Waals surface area contributed by atoms with Crippen molar-refractivity contribution in [3.05, 3.63) is 35.4 Å². The van der Waals surface area contributed by atoms with E-state index >= 15 is 0 Å². The second kappa shape index (κ2) is 3.59. The van der Waals surface area contributed by atoms with Gasteiger partial charge in [-0.3, -0.25) is 4.79 Å². The second-order valence-corrected chi connectivity index (χ2v) is 4.68. The number of β-amino-alcohol motifs (C(OH)–C–C–N with tert-alkyl or cyclic N) is 1. The zero-order valence-corrected chi connectivity index (χ0v) is 9.10. The van der Waals surface area contributed by atoms with E-state index in [4.69, 9.17) is 0 Å². The van der Waals surface area contributed by atoms with Crippen LogP contribution in [0, 0.1) is 0 Å². The van der Waals surface area contributed by atoms with Gasteiger partial charge in [0.1, 0.15) is 0 Å². The molecule has 1 N–H and O–H groups in total. The number of fused-ring (bicyclic) bond motifs is 1. The predicted molar refractivity (Wildman–Crippen MR) is 60.1 cm³/mol. The van der Waals surface area contributed by atoms with Crippen molar-refractivity contribution >= 4 is 5.91 Å². The molecule has 0 radical (unpaired) electrons. The van der Waals surface area contributed by atoms with Crippen molar-refractivity contribution in [2.45, 2.75) is 24.9 Å². The SMILES string of the molecule is O=C(C1Cc2ccccc21)N1CC[C@@H](O)C1. The van der Waals surface area contributed by atoms with Crippen molar-refractivity contribution in [3.63, 3.8) is 0 Å². The highest BCUT2D eigenvalue weighted by Crippen LogP contribution is 2.36. The van der Waals surface area contributed by atoms with Gasteiger partial charge in [-0.05, 0) is 24.0 Å². The van der Waals surface area contributed by atoms with E-state index < -0.39 is 0 Å². The van der Waals surface area contributed by atoms with Crippen LogP contribution in [0.25, 0.3) is 0 Å². The molecule has 1 amide bonds. The Hall–Kier alpha value is -1.35. The van der Waals surface area contributed by atoms with Crippen LogP contribution in [-0.2, 0) is 11.2 Å². The summed E-state index contributed by atoms with van der Waals surface area (Å²) in [7, 11) is 0. The Balaban J connectivity index is 1.75. The molecule has 1 aromatic rings. The first-order valence-electron chi connectivity index (χ1n) is 5.80. The highest BCUT2D eigenvalue weighted by atomic mass is 16.3. The first-order valence-corrected chi connectivity index (χ1v) is 5.80. The fourth-order valence-electron chi connectivity index (χ4n) is 2.64. The topological polar surface area (TPSA) is 40.5 Å². The van der Waals surface area contributed by atoms with Crippen molar-refractivity contribution in [1.82, 2.24) is 4.90 Å². The van der Waals surface area contributed by atoms with Crippen molar-refractivity contribution in [1.29, 1.82) is 0 Å². The van der Waals surface area contributed by atoms with E-state index in [0.29, 0.717) is 13.1 Å². The molecule has 2 aliphatic rings. The van der Waals surface area contributed by atoms with Gasteiger partial charge in [0.15, 0.2) is 0 Å². The molecule has 0 aromatic heterocycles. The summed E-state index contributed by atoms with van der Waals surface area (Å²) in [6.07, 6.45) is 1.26. The third-order valence-corrected chi connectivity index (χ3v) is 3.63. The molecule has 1 aliphatic carbocycles. The number of benzene rings is 1. The predicted octanol–water partition coefficient (Wildman–Crippen LogP) is 0.919. The van der Waals surface area contributed by atoms with E-state index in [1.54, 1.807) is 4.90 Å². The summed E-state index contributed by atoms with van der Waals surface area (Å²) in [5, 5.41) is 9.42. The summed E-state index contributed by atoms with van der Waals surface area (Å²) in [4.78, 5) is 13.9. The van der Waals surface area contributed by atoms with Crippen LogP contribution in [0.1, 0.15) is 23.5 Å². The molecule has 2 atom stereocenters. The molecule has 1 heterocycles. The first kappa shape index (κ1) is 9.85. The number of carbonyl (C=O) groups is 1. The van der Waals surface area contributed by atoms with Crippen LogP contribution < -0.4 is 0 Å². The number of hydrogen-bond acceptors (Lipinski definition) is 2. The highest BCUT2D eigenvalue weighted by molar-refractivity contribution is 5.87. The minimum atomic E-state index is -0.320. The molecule has 0 spiro atoms. The number of aliphatic hydroxyl groups is 1. The van der Waals surface area contributed by atoms with Gasteiger partial charge in [0.25, 0.3) is 0 Å². The number of aliphatic hydroxyl groups excluding tert-OH is 1. The molecule has 1 saturated heterocycles. The van der Waals surface area contributed by atoms with Crippen molar-refractivity contribution in [2.24, 2.45) is 0 Å². The maximum atomic E-state index is 12.2. The minimum absolute atomic E-state index is 0.0431. The van der Waals surface area contributed by atoms with Gasteiger partial charge >= 0.3 is 0 Å². The number of likely N-dealkylation sites (tertiary alicyclic amines) is 1. The van der Waals surface area contributed by atoms with Gasteiger partial charge in [-0.1, -0.05) is 24.3 Å². The number of rotatable bonds is 1. The van der Waals surface area contributed by atoms with Crippen LogP contribution >= 0.6 is 0 Å². The molecular weight excluding hydrogens is 202 g/mol. The van der Waals surface area contributed by atoms with Crippen LogP contribution in [-0.4, -0.2) is 35.1 Å². The summed E-state index contributed by atoms with van der Waals surface area (Å²) in [5.41, 5.74) is 2.47. The summed E-state index contributed by atoms with van der Waals surface area (Å²) in [6.45, 7) is 1.22. The Kier molecular flexibility index (Phi) is 2.21. The summed E-state index contributed by atoms with van der Waals surface area (Å²) >= 11 is 0. The lowest BCUT2D eigenvalue weighted by Crippen LogP contribution is -2.38. The zero-order valence-electron chi connectivity index (χ0n) is 9.10. The number of nitrogens with zero attached hydrogens (tertiary/aromatic N) is 1. The van der Waals surface area contributed by atoms with E-state index in [2.05, 4.69) is 6.07 Å². The van der Waals surface area contributed by atoms with E-state index in [1.165, 1.54) is 11.1 Å². The Labute approximate surface area is 94.7 Å². The van der Waals surface area contributed by atoms with Crippen LogP contribution in [0.2, 0.25) is 0 Å². The lowest BCUT2D eigenvalue weighted by atomic mass is 9.77. The van der Waals surface area contributed by atoms with E-state index in [9.17, 15) is 9.90 Å². The maximum Gasteiger partial charge on any atom is 0.230 e. The fourth-order valence-corrected chi connectivity index (χ4v) is 2.64. The van der Waals surface area contributed by atoms with Crippen molar-refractivity contribution in [3.8, 4) is 0 Å². The van der Waals surface area contributed by atoms with Crippen LogP contribution in [0.3, 0.4) is 0 Å². The van der Waals surface area contributed by atoms with Crippen LogP contribution in [0.15, 0.2) is 24.3 Å². The average molecular weight is 217 g/mol. The summed E-state index contributed by atoms with van der Waals surface area (Å²) < 4.78 is 0. The lowest BCUT2D eigenvalue weighted by molar-refractivity contribution is -0.132. The van der Waals surface area contributed by atoms with E-state index in [1.807, 2.05) is 18.2 Å². The van der Waals surface area contributed by atoms with Gasteiger partial charge in [0, 0.05) is 13.1 Å². The smallest absolute Gasteiger partial charge is 0.230 e. The van der Waals surface area contributed by atoms with Gasteiger partial charge in [0.05, 0.1) is 12.0 Å². The molecule has 0 bridgehead atoms. The molecule has 0 saturated carbocycles. The summed E-state index contributed by atoms with van der Waals surface area (Å²) in [5.74, 6) is 0.233. The average Bonchev–Trinajstić information content (AvgIpc) is 2.67. The van der Waals surface area contributed by atoms with Gasteiger partial charge in [-0.15, -0.1) is 0 Å². The molecule has 16 heavy (non-hydrogen) atoms. The molecule has 3 heteroatoms. The van der Waals surface area contributed by atoms with Gasteiger partial charge in [-0.25, -0.2) is 0 Å². The highest BCUT2D eigenvalue weighted by Gasteiger charge is 2.36. The standard InChI is InChI=1S/C13H15NO2/c15-10-5-6-14(8-10)13(16)12-7-9-3-1-2-4-11(9)12/h1-4,10,12,15H,5-8H2/t10-,12?/m1/s1. The molecular formula is C13H15NO2. The van der Waals surface area contributed by atoms with Crippen molar-refractivity contribution in [2.75, 3.05) is 13.1 Å². The van der Waals surface area contributed by atoms with Gasteiger partial charge < -0.3 is 10.0 Å². The molecule has 84 valence electrons. The molecule has 1 aromatic carbocycles. The number of carbonyl (C=O) groups excluding carboxylic acids is 1. The number of amides is 1. The van der Waals surface area contributed by atoms with Crippen molar-refractivity contribution < 1.29 is 9.90 Å². The fraction of sp³-hybridized carbons (Fsp3) is 0.462. The summed E-state index contributed by atoms with van der Waals surface area (Å²) in [6, 6.07) is 8.11. The number of hydrogen-bond donors (Lipinski definition) is 1. The van der Waals surface area contributed by atoms with Crippen LogP contribution in [0.4, 0.5) is 0 Å². The molecule has 3 rings (SSSR count).